The lowest BCUT2D eigenvalue weighted by atomic mass is 9.95. The number of imide groups is 1. The van der Waals surface area contributed by atoms with Crippen LogP contribution >= 0.6 is 31.9 Å². The Bertz CT molecular complexity index is 732. The fourth-order valence-corrected chi connectivity index (χ4v) is 4.75. The van der Waals surface area contributed by atoms with Gasteiger partial charge in [-0.1, -0.05) is 15.9 Å². The van der Waals surface area contributed by atoms with E-state index in [1.165, 1.54) is 4.90 Å². The number of amides is 2. The van der Waals surface area contributed by atoms with Crippen molar-refractivity contribution in [2.24, 2.45) is 5.92 Å². The molecule has 0 radical (unpaired) electrons. The smallest absolute Gasteiger partial charge is 0.309 e. The Labute approximate surface area is 169 Å². The van der Waals surface area contributed by atoms with Gasteiger partial charge in [0.1, 0.15) is 0 Å². The van der Waals surface area contributed by atoms with Crippen molar-refractivity contribution in [1.82, 2.24) is 4.90 Å². The summed E-state index contributed by atoms with van der Waals surface area (Å²) in [5.74, 6) is -0.681. The Kier molecular flexibility index (Phi) is 6.14. The summed E-state index contributed by atoms with van der Waals surface area (Å²) >= 11 is 6.80. The zero-order valence-corrected chi connectivity index (χ0v) is 17.6. The minimum atomic E-state index is -0.457. The van der Waals surface area contributed by atoms with Gasteiger partial charge in [0.05, 0.1) is 30.7 Å². The van der Waals surface area contributed by atoms with Crippen LogP contribution in [0.15, 0.2) is 27.1 Å². The van der Waals surface area contributed by atoms with E-state index >= 15 is 0 Å². The summed E-state index contributed by atoms with van der Waals surface area (Å²) in [5, 5.41) is 0. The van der Waals surface area contributed by atoms with Gasteiger partial charge >= 0.3 is 5.97 Å². The molecule has 6 nitrogen and oxygen atoms in total. The summed E-state index contributed by atoms with van der Waals surface area (Å²) in [5.41, 5.74) is 0.562. The summed E-state index contributed by atoms with van der Waals surface area (Å²) in [6, 6.07) is 4.91. The number of ether oxygens (including phenoxy) is 1. The number of anilines is 1. The predicted octanol–water partition coefficient (Wildman–Crippen LogP) is 3.12. The van der Waals surface area contributed by atoms with Crippen LogP contribution in [-0.2, 0) is 19.1 Å². The first-order chi connectivity index (χ1) is 12.4. The molecule has 2 heterocycles. The van der Waals surface area contributed by atoms with Gasteiger partial charge in [-0.05, 0) is 67.0 Å². The van der Waals surface area contributed by atoms with Gasteiger partial charge in [-0.2, -0.15) is 0 Å². The fourth-order valence-electron chi connectivity index (χ4n) is 3.52. The number of carbonyl (C=O) groups is 3. The average molecular weight is 488 g/mol. The third kappa shape index (κ3) is 3.87. The fraction of sp³-hybridized carbons (Fsp3) is 0.500. The molecule has 1 aromatic rings. The lowest BCUT2D eigenvalue weighted by molar-refractivity contribution is -0.149. The normalized spacial score (nSPS) is 22.1. The Hall–Kier alpha value is -1.25. The van der Waals surface area contributed by atoms with Crippen molar-refractivity contribution >= 4 is 55.3 Å². The van der Waals surface area contributed by atoms with Crippen LogP contribution in [-0.4, -0.2) is 48.4 Å². The van der Waals surface area contributed by atoms with Crippen molar-refractivity contribution in [3.8, 4) is 0 Å². The number of hydrogen-bond donors (Lipinski definition) is 0. The summed E-state index contributed by atoms with van der Waals surface area (Å²) in [7, 11) is 0. The Morgan fingerprint density at radius 2 is 1.92 bits per heavy atom. The Balaban J connectivity index is 1.69. The van der Waals surface area contributed by atoms with Crippen molar-refractivity contribution in [1.29, 1.82) is 0 Å². The molecule has 0 N–H and O–H groups in total. The molecule has 0 unspecified atom stereocenters. The third-order valence-electron chi connectivity index (χ3n) is 4.86. The largest absolute Gasteiger partial charge is 0.466 e. The van der Waals surface area contributed by atoms with Gasteiger partial charge in [0.2, 0.25) is 5.91 Å². The summed E-state index contributed by atoms with van der Waals surface area (Å²) in [4.78, 5) is 40.6. The molecule has 2 saturated heterocycles. The maximum absolute atomic E-state index is 12.9. The molecule has 140 valence electrons. The zero-order chi connectivity index (χ0) is 18.8. The van der Waals surface area contributed by atoms with Gasteiger partial charge in [-0.3, -0.25) is 19.3 Å². The van der Waals surface area contributed by atoms with E-state index in [0.29, 0.717) is 42.7 Å². The maximum atomic E-state index is 12.9. The number of hydrogen-bond acceptors (Lipinski definition) is 5. The number of rotatable bonds is 4. The average Bonchev–Trinajstić information content (AvgIpc) is 2.90. The second kappa shape index (κ2) is 8.19. The molecule has 1 atom stereocenters. The molecule has 1 aromatic carbocycles. The van der Waals surface area contributed by atoms with Gasteiger partial charge in [0.25, 0.3) is 5.91 Å². The third-order valence-corrected chi connectivity index (χ3v) is 5.99. The van der Waals surface area contributed by atoms with Crippen LogP contribution in [0.3, 0.4) is 0 Å². The van der Waals surface area contributed by atoms with Gasteiger partial charge < -0.3 is 4.74 Å². The molecule has 26 heavy (non-hydrogen) atoms. The number of halogens is 2. The van der Waals surface area contributed by atoms with E-state index in [-0.39, 0.29) is 30.1 Å². The number of nitrogens with zero attached hydrogens (tertiary/aromatic N) is 2. The second-order valence-electron chi connectivity index (χ2n) is 6.45. The zero-order valence-electron chi connectivity index (χ0n) is 14.4. The summed E-state index contributed by atoms with van der Waals surface area (Å²) in [6.07, 6.45) is 1.48. The lowest BCUT2D eigenvalue weighted by Crippen LogP contribution is -2.47. The van der Waals surface area contributed by atoms with Gasteiger partial charge in [-0.25, -0.2) is 4.90 Å². The first kappa shape index (κ1) is 19.5. The first-order valence-corrected chi connectivity index (χ1v) is 10.2. The van der Waals surface area contributed by atoms with Crippen LogP contribution in [0.1, 0.15) is 26.2 Å². The van der Waals surface area contributed by atoms with Crippen LogP contribution < -0.4 is 4.90 Å². The lowest BCUT2D eigenvalue weighted by Gasteiger charge is -2.33. The number of benzene rings is 1. The van der Waals surface area contributed by atoms with Gasteiger partial charge in [0.15, 0.2) is 0 Å². The molecule has 2 amide bonds. The van der Waals surface area contributed by atoms with E-state index in [1.807, 2.05) is 11.0 Å². The van der Waals surface area contributed by atoms with Crippen LogP contribution in [0.4, 0.5) is 5.69 Å². The molecule has 0 saturated carbocycles. The van der Waals surface area contributed by atoms with Crippen LogP contribution in [0.5, 0.6) is 0 Å². The second-order valence-corrected chi connectivity index (χ2v) is 8.22. The van der Waals surface area contributed by atoms with E-state index in [4.69, 9.17) is 4.74 Å². The molecule has 8 heteroatoms. The van der Waals surface area contributed by atoms with Crippen molar-refractivity contribution in [2.75, 3.05) is 24.6 Å². The number of piperidine rings is 1. The van der Waals surface area contributed by atoms with E-state index in [0.717, 1.165) is 4.47 Å². The van der Waals surface area contributed by atoms with Crippen LogP contribution in [0, 0.1) is 5.92 Å². The highest BCUT2D eigenvalue weighted by Crippen LogP contribution is 2.34. The summed E-state index contributed by atoms with van der Waals surface area (Å²) in [6.45, 7) is 3.40. The molecule has 0 aromatic heterocycles. The highest BCUT2D eigenvalue weighted by molar-refractivity contribution is 9.11. The molecule has 0 bridgehead atoms. The number of likely N-dealkylation sites (tertiary alicyclic amines) is 1. The monoisotopic (exact) mass is 486 g/mol. The molecule has 2 fully saturated rings. The predicted molar refractivity (Wildman–Crippen MR) is 104 cm³/mol. The van der Waals surface area contributed by atoms with E-state index in [9.17, 15) is 14.4 Å². The van der Waals surface area contributed by atoms with Gasteiger partial charge in [0, 0.05) is 8.95 Å². The maximum Gasteiger partial charge on any atom is 0.309 e. The summed E-state index contributed by atoms with van der Waals surface area (Å²) < 4.78 is 6.64. The van der Waals surface area contributed by atoms with Crippen molar-refractivity contribution in [3.05, 3.63) is 27.1 Å². The van der Waals surface area contributed by atoms with Gasteiger partial charge in [-0.15, -0.1) is 0 Å². The standard InChI is InChI=1S/C18H20Br2N2O4/c1-2-26-18(25)11-5-7-21(8-6-11)15-10-16(23)22(17(15)24)14-4-3-12(19)9-13(14)20/h3-4,9,11,15H,2,5-8,10H2,1H3/t15-/m0/s1. The molecule has 2 aliphatic rings. The highest BCUT2D eigenvalue weighted by atomic mass is 79.9. The molecular formula is C18H20Br2N2O4. The van der Waals surface area contributed by atoms with Crippen molar-refractivity contribution < 1.29 is 19.1 Å². The molecule has 2 aliphatic heterocycles. The van der Waals surface area contributed by atoms with Crippen molar-refractivity contribution in [2.45, 2.75) is 32.2 Å². The Morgan fingerprint density at radius 1 is 1.23 bits per heavy atom. The quantitative estimate of drug-likeness (QED) is 0.482. The molecule has 3 rings (SSSR count). The van der Waals surface area contributed by atoms with Crippen LogP contribution in [0.2, 0.25) is 0 Å². The van der Waals surface area contributed by atoms with E-state index in [1.54, 1.807) is 19.1 Å². The SMILES string of the molecule is CCOC(=O)C1CCN([C@H]2CC(=O)N(c3ccc(Br)cc3Br)C2=O)CC1. The van der Waals surface area contributed by atoms with Crippen LogP contribution in [0.25, 0.3) is 0 Å². The molecule has 0 aliphatic carbocycles. The van der Waals surface area contributed by atoms with Crippen molar-refractivity contribution in [3.63, 3.8) is 0 Å². The van der Waals surface area contributed by atoms with E-state index < -0.39 is 6.04 Å². The number of esters is 1. The topological polar surface area (TPSA) is 66.9 Å². The number of carbonyl (C=O) groups excluding carboxylic acids is 3. The van der Waals surface area contributed by atoms with E-state index in [2.05, 4.69) is 31.9 Å². The minimum absolute atomic E-state index is 0.116. The Morgan fingerprint density at radius 3 is 2.54 bits per heavy atom. The first-order valence-electron chi connectivity index (χ1n) is 8.65. The molecular weight excluding hydrogens is 468 g/mol. The highest BCUT2D eigenvalue weighted by Gasteiger charge is 2.44. The minimum Gasteiger partial charge on any atom is -0.466 e. The molecule has 0 spiro atoms.